The summed E-state index contributed by atoms with van der Waals surface area (Å²) in [5.41, 5.74) is 3.35. The van der Waals surface area contributed by atoms with Gasteiger partial charge in [0.1, 0.15) is 17.3 Å². The van der Waals surface area contributed by atoms with Gasteiger partial charge in [0, 0.05) is 11.8 Å². The van der Waals surface area contributed by atoms with Crippen molar-refractivity contribution < 1.29 is 19.4 Å². The lowest BCUT2D eigenvalue weighted by atomic mass is 9.91. The van der Waals surface area contributed by atoms with Crippen molar-refractivity contribution in [2.75, 3.05) is 6.61 Å². The monoisotopic (exact) mass is 416 g/mol. The number of ketones is 1. The first-order chi connectivity index (χ1) is 14.9. The molecule has 0 amide bonds. The predicted molar refractivity (Wildman–Crippen MR) is 118 cm³/mol. The molecule has 0 atom stereocenters. The molecule has 0 aliphatic carbocycles. The summed E-state index contributed by atoms with van der Waals surface area (Å²) in [4.78, 5) is 28.6. The van der Waals surface area contributed by atoms with Gasteiger partial charge in [-0.05, 0) is 35.6 Å². The van der Waals surface area contributed by atoms with Gasteiger partial charge in [0.15, 0.2) is 11.5 Å². The molecule has 31 heavy (non-hydrogen) atoms. The Balaban J connectivity index is 2.08. The Morgan fingerprint density at radius 2 is 1.90 bits per heavy atom. The van der Waals surface area contributed by atoms with Crippen LogP contribution in [0, 0.1) is 11.3 Å². The Bertz CT molecular complexity index is 1190. The predicted octanol–water partition coefficient (Wildman–Crippen LogP) is 5.13. The first kappa shape index (κ1) is 22.0. The topological polar surface area (TPSA) is 100 Å². The van der Waals surface area contributed by atoms with Gasteiger partial charge in [0.05, 0.1) is 18.5 Å². The lowest BCUT2D eigenvalue weighted by Gasteiger charge is -2.14. The number of fused-ring (bicyclic) bond motifs is 1. The van der Waals surface area contributed by atoms with Crippen molar-refractivity contribution in [1.29, 1.82) is 5.26 Å². The number of nitriles is 1. The number of nitrogens with zero attached hydrogens (tertiary/aromatic N) is 2. The molecule has 6 nitrogen and oxygen atoms in total. The van der Waals surface area contributed by atoms with Crippen molar-refractivity contribution >= 4 is 22.7 Å². The molecule has 0 fully saturated rings. The maximum absolute atomic E-state index is 12.6. The molecule has 3 rings (SSSR count). The zero-order chi connectivity index (χ0) is 22.5. The van der Waals surface area contributed by atoms with E-state index < -0.39 is 17.5 Å². The Morgan fingerprint density at radius 1 is 1.16 bits per heavy atom. The van der Waals surface area contributed by atoms with Crippen LogP contribution < -0.4 is 0 Å². The molecule has 6 heteroatoms. The molecule has 0 aliphatic heterocycles. The lowest BCUT2D eigenvalue weighted by Crippen LogP contribution is -2.10. The Kier molecular flexibility index (Phi) is 6.66. The average molecular weight is 416 g/mol. The molecule has 3 aromatic rings. The van der Waals surface area contributed by atoms with Crippen LogP contribution in [-0.4, -0.2) is 28.4 Å². The Morgan fingerprint density at radius 3 is 2.58 bits per heavy atom. The van der Waals surface area contributed by atoms with Crippen LogP contribution in [0.1, 0.15) is 61.1 Å². The average Bonchev–Trinajstić information content (AvgIpc) is 2.77. The highest BCUT2D eigenvalue weighted by Gasteiger charge is 2.21. The van der Waals surface area contributed by atoms with E-state index in [1.807, 2.05) is 36.4 Å². The van der Waals surface area contributed by atoms with Gasteiger partial charge in [-0.15, -0.1) is 0 Å². The maximum atomic E-state index is 12.6. The fraction of sp³-hybridized carbons (Fsp3) is 0.280. The molecule has 0 saturated carbocycles. The first-order valence-electron chi connectivity index (χ1n) is 10.2. The minimum atomic E-state index is -0.517. The van der Waals surface area contributed by atoms with Crippen molar-refractivity contribution in [3.63, 3.8) is 0 Å². The smallest absolute Gasteiger partial charge is 0.306 e. The number of benzene rings is 2. The van der Waals surface area contributed by atoms with Gasteiger partial charge in [-0.1, -0.05) is 50.2 Å². The normalized spacial score (nSPS) is 10.8. The molecule has 0 unspecified atom stereocenters. The van der Waals surface area contributed by atoms with Gasteiger partial charge in [-0.2, -0.15) is 5.26 Å². The van der Waals surface area contributed by atoms with Crippen molar-refractivity contribution in [2.24, 2.45) is 0 Å². The van der Waals surface area contributed by atoms with Crippen LogP contribution in [0.2, 0.25) is 0 Å². The molecule has 0 bridgehead atoms. The van der Waals surface area contributed by atoms with Crippen LogP contribution in [0.4, 0.5) is 0 Å². The van der Waals surface area contributed by atoms with Crippen molar-refractivity contribution in [1.82, 2.24) is 4.98 Å². The van der Waals surface area contributed by atoms with Gasteiger partial charge >= 0.3 is 5.97 Å². The fourth-order valence-electron chi connectivity index (χ4n) is 3.56. The number of Topliss-reactive ketones (excluding diaryl/α,β-unsaturated/α-hetero) is 1. The van der Waals surface area contributed by atoms with E-state index in [1.54, 1.807) is 13.0 Å². The van der Waals surface area contributed by atoms with Crippen molar-refractivity contribution in [2.45, 2.75) is 39.5 Å². The SMILES string of the molecule is CCOC(=O)CCC(=O)c1nc2cc(-c3ccccc3C(C)C)ccc2c(C#N)c1O. The van der Waals surface area contributed by atoms with Gasteiger partial charge in [0.25, 0.3) is 0 Å². The molecule has 0 saturated heterocycles. The van der Waals surface area contributed by atoms with Gasteiger partial charge in [0.2, 0.25) is 0 Å². The number of hydrogen-bond acceptors (Lipinski definition) is 6. The van der Waals surface area contributed by atoms with Crippen LogP contribution in [0.25, 0.3) is 22.0 Å². The molecular weight excluding hydrogens is 392 g/mol. The van der Waals surface area contributed by atoms with Crippen molar-refractivity contribution in [3.8, 4) is 22.9 Å². The molecule has 0 radical (unpaired) electrons. The van der Waals surface area contributed by atoms with Crippen LogP contribution in [-0.2, 0) is 9.53 Å². The van der Waals surface area contributed by atoms with Crippen molar-refractivity contribution in [3.05, 3.63) is 59.3 Å². The summed E-state index contributed by atoms with van der Waals surface area (Å²) in [6.07, 6.45) is -0.277. The van der Waals surface area contributed by atoms with E-state index in [0.29, 0.717) is 16.8 Å². The Labute approximate surface area is 181 Å². The van der Waals surface area contributed by atoms with E-state index in [-0.39, 0.29) is 30.7 Å². The fourth-order valence-corrected chi connectivity index (χ4v) is 3.56. The molecule has 1 aromatic heterocycles. The number of carbonyl (C=O) groups is 2. The summed E-state index contributed by atoms with van der Waals surface area (Å²) in [7, 11) is 0. The minimum absolute atomic E-state index is 0.00632. The molecule has 1 N–H and O–H groups in total. The highest BCUT2D eigenvalue weighted by Crippen LogP contribution is 2.34. The summed E-state index contributed by atoms with van der Waals surface area (Å²) < 4.78 is 4.84. The molecule has 0 aliphatic rings. The number of aromatic nitrogens is 1. The summed E-state index contributed by atoms with van der Waals surface area (Å²) in [5, 5.41) is 20.6. The zero-order valence-electron chi connectivity index (χ0n) is 17.8. The molecular formula is C25H24N2O4. The Hall–Kier alpha value is -3.72. The molecule has 158 valence electrons. The second-order valence-electron chi connectivity index (χ2n) is 7.50. The lowest BCUT2D eigenvalue weighted by molar-refractivity contribution is -0.143. The highest BCUT2D eigenvalue weighted by molar-refractivity contribution is 6.03. The van der Waals surface area contributed by atoms with E-state index in [2.05, 4.69) is 24.9 Å². The third-order valence-electron chi connectivity index (χ3n) is 5.09. The van der Waals surface area contributed by atoms with E-state index >= 15 is 0 Å². The second-order valence-corrected chi connectivity index (χ2v) is 7.50. The van der Waals surface area contributed by atoms with Gasteiger partial charge in [-0.25, -0.2) is 4.98 Å². The number of hydrogen-bond donors (Lipinski definition) is 1. The van der Waals surface area contributed by atoms with Gasteiger partial charge < -0.3 is 9.84 Å². The number of carbonyl (C=O) groups excluding carboxylic acids is 2. The van der Waals surface area contributed by atoms with E-state index in [0.717, 1.165) is 11.1 Å². The third kappa shape index (κ3) is 4.56. The number of rotatable bonds is 7. The van der Waals surface area contributed by atoms with Crippen LogP contribution in [0.15, 0.2) is 42.5 Å². The van der Waals surface area contributed by atoms with Crippen LogP contribution in [0.5, 0.6) is 5.75 Å². The largest absolute Gasteiger partial charge is 0.504 e. The third-order valence-corrected chi connectivity index (χ3v) is 5.09. The number of aromatic hydroxyl groups is 1. The molecule has 2 aromatic carbocycles. The van der Waals surface area contributed by atoms with Gasteiger partial charge in [-0.3, -0.25) is 9.59 Å². The van der Waals surface area contributed by atoms with E-state index in [4.69, 9.17) is 4.74 Å². The zero-order valence-corrected chi connectivity index (χ0v) is 17.8. The maximum Gasteiger partial charge on any atom is 0.306 e. The number of ether oxygens (including phenoxy) is 1. The summed E-state index contributed by atoms with van der Waals surface area (Å²) in [6, 6.07) is 15.5. The molecule has 0 spiro atoms. The summed E-state index contributed by atoms with van der Waals surface area (Å²) >= 11 is 0. The summed E-state index contributed by atoms with van der Waals surface area (Å²) in [6.45, 7) is 6.14. The minimum Gasteiger partial charge on any atom is -0.504 e. The van der Waals surface area contributed by atoms with Crippen LogP contribution >= 0.6 is 0 Å². The highest BCUT2D eigenvalue weighted by atomic mass is 16.5. The van der Waals surface area contributed by atoms with E-state index in [9.17, 15) is 20.0 Å². The first-order valence-corrected chi connectivity index (χ1v) is 10.2. The standard InChI is InChI=1S/C25H24N2O4/c1-4-31-23(29)12-11-22(28)24-25(30)20(14-26)19-10-9-16(13-21(19)27-24)18-8-6-5-7-17(18)15(2)3/h5-10,13,15,30H,4,11-12H2,1-3H3. The number of pyridine rings is 1. The number of esters is 1. The van der Waals surface area contributed by atoms with Crippen LogP contribution in [0.3, 0.4) is 0 Å². The van der Waals surface area contributed by atoms with E-state index in [1.165, 1.54) is 5.56 Å². The summed E-state index contributed by atoms with van der Waals surface area (Å²) in [5.74, 6) is -1.16. The quantitative estimate of drug-likeness (QED) is 0.423. The second kappa shape index (κ2) is 9.40. The molecule has 1 heterocycles.